The van der Waals surface area contributed by atoms with Gasteiger partial charge in [-0.15, -0.1) is 0 Å². The van der Waals surface area contributed by atoms with E-state index in [-0.39, 0.29) is 46.1 Å². The summed E-state index contributed by atoms with van der Waals surface area (Å²) in [6.07, 6.45) is 0.481. The molecular weight excluding hydrogens is 499 g/mol. The van der Waals surface area contributed by atoms with Gasteiger partial charge in [0, 0.05) is 22.2 Å². The van der Waals surface area contributed by atoms with Crippen LogP contribution in [0.4, 0.5) is 0 Å². The second-order valence-electron chi connectivity index (χ2n) is 11.4. The Morgan fingerprint density at radius 3 is 0.903 bits per heavy atom. The Kier molecular flexibility index (Phi) is 8.77. The molecule has 0 unspecified atom stereocenters. The molecule has 31 heavy (non-hydrogen) atoms. The first kappa shape index (κ1) is 30.4. The molecule has 0 aromatic rings. The first-order chi connectivity index (χ1) is 13.0. The molecule has 0 saturated carbocycles. The summed E-state index contributed by atoms with van der Waals surface area (Å²) in [6.45, 7) is 14.0. The fraction of sp³-hybridized carbons (Fsp3) is 0.900. The van der Waals surface area contributed by atoms with Crippen molar-refractivity contribution in [3.63, 3.8) is 0 Å². The van der Waals surface area contributed by atoms with Crippen LogP contribution < -0.4 is 0 Å². The SMILES string of the molecule is CC1(C)CC([NH-])(C(=O)O)CC(C)(C)N1O.CC1(C)CC([NH-])(C(=O)O)CC(C)(C)N1O.[Pd+2]. The zero-order valence-electron chi connectivity index (χ0n) is 19.6. The summed E-state index contributed by atoms with van der Waals surface area (Å²) in [5.41, 5.74) is 10.1. The van der Waals surface area contributed by atoms with Gasteiger partial charge in [-0.05, 0) is 92.2 Å². The number of rotatable bonds is 2. The topological polar surface area (TPSA) is 169 Å². The quantitative estimate of drug-likeness (QED) is 0.386. The van der Waals surface area contributed by atoms with Crippen LogP contribution in [0.1, 0.15) is 81.1 Å². The Morgan fingerprint density at radius 2 is 0.774 bits per heavy atom. The van der Waals surface area contributed by atoms with Crippen molar-refractivity contribution in [1.82, 2.24) is 10.1 Å². The van der Waals surface area contributed by atoms with E-state index in [1.165, 1.54) is 10.1 Å². The van der Waals surface area contributed by atoms with E-state index >= 15 is 0 Å². The number of nitrogens with one attached hydrogen (secondary N) is 2. The number of hydrogen-bond donors (Lipinski definition) is 4. The Morgan fingerprint density at radius 1 is 0.613 bits per heavy atom. The molecule has 0 aromatic carbocycles. The minimum absolute atomic E-state index is 0. The number of carbonyl (C=O) groups is 2. The minimum Gasteiger partial charge on any atom is -0.662 e. The maximum Gasteiger partial charge on any atom is 2.00 e. The summed E-state index contributed by atoms with van der Waals surface area (Å²) in [5, 5.41) is 40.3. The second kappa shape index (κ2) is 8.95. The molecule has 0 spiro atoms. The van der Waals surface area contributed by atoms with Crippen LogP contribution in [0.5, 0.6) is 0 Å². The monoisotopic (exact) mass is 536 g/mol. The number of hydroxylamine groups is 4. The van der Waals surface area contributed by atoms with E-state index in [1.807, 2.05) is 0 Å². The van der Waals surface area contributed by atoms with Crippen molar-refractivity contribution in [1.29, 1.82) is 0 Å². The van der Waals surface area contributed by atoms with E-state index in [1.54, 1.807) is 55.4 Å². The smallest absolute Gasteiger partial charge is 0.662 e. The van der Waals surface area contributed by atoms with Crippen molar-refractivity contribution in [2.75, 3.05) is 0 Å². The van der Waals surface area contributed by atoms with Gasteiger partial charge < -0.3 is 32.1 Å². The Labute approximate surface area is 198 Å². The number of carboxylic acid groups (broad SMARTS) is 2. The summed E-state index contributed by atoms with van der Waals surface area (Å²) >= 11 is 0. The standard InChI is InChI=1S/2C10H19N2O3.Pd/c2*1-8(2)5-10(11,7(13)14)6-9(3,4)12(8)15;/h2*11,15H,5-6H2,1-4H3,(H,13,14);/q2*-1;+2. The first-order valence-electron chi connectivity index (χ1n) is 9.98. The normalized spacial score (nSPS) is 27.7. The van der Waals surface area contributed by atoms with Gasteiger partial charge >= 0.3 is 20.4 Å². The van der Waals surface area contributed by atoms with Gasteiger partial charge in [0.05, 0.1) is 0 Å². The van der Waals surface area contributed by atoms with Crippen LogP contribution in [-0.4, -0.2) is 75.9 Å². The van der Waals surface area contributed by atoms with Crippen molar-refractivity contribution in [3.05, 3.63) is 11.5 Å². The van der Waals surface area contributed by atoms with E-state index in [0.717, 1.165) is 0 Å². The molecule has 2 rings (SSSR count). The van der Waals surface area contributed by atoms with Gasteiger partial charge in [0.1, 0.15) is 0 Å². The molecular formula is C20H38N4O6Pd. The zero-order chi connectivity index (χ0) is 24.1. The number of hydrogen-bond acceptors (Lipinski definition) is 6. The van der Waals surface area contributed by atoms with E-state index in [9.17, 15) is 20.0 Å². The van der Waals surface area contributed by atoms with Gasteiger partial charge in [-0.2, -0.15) is 10.1 Å². The molecule has 6 N–H and O–H groups in total. The van der Waals surface area contributed by atoms with Crippen molar-refractivity contribution in [3.8, 4) is 0 Å². The summed E-state index contributed by atoms with van der Waals surface area (Å²) in [7, 11) is 0. The fourth-order valence-corrected chi connectivity index (χ4v) is 5.32. The van der Waals surface area contributed by atoms with E-state index in [0.29, 0.717) is 0 Å². The predicted octanol–water partition coefficient (Wildman–Crippen LogP) is 3.81. The van der Waals surface area contributed by atoms with Crippen LogP contribution in [-0.2, 0) is 30.0 Å². The Balaban J connectivity index is 0.000000562. The maximum atomic E-state index is 11.1. The van der Waals surface area contributed by atoms with Gasteiger partial charge in [0.25, 0.3) is 11.9 Å². The first-order valence-corrected chi connectivity index (χ1v) is 9.98. The second-order valence-corrected chi connectivity index (χ2v) is 11.4. The number of carboxylic acids is 2. The van der Waals surface area contributed by atoms with Gasteiger partial charge in [-0.25, -0.2) is 0 Å². The van der Waals surface area contributed by atoms with E-state index in [4.69, 9.17) is 21.7 Å². The van der Waals surface area contributed by atoms with Crippen molar-refractivity contribution in [2.45, 2.75) is 114 Å². The van der Waals surface area contributed by atoms with Gasteiger partial charge in [-0.1, -0.05) is 0 Å². The van der Waals surface area contributed by atoms with Crippen LogP contribution in [0.15, 0.2) is 0 Å². The van der Waals surface area contributed by atoms with Gasteiger partial charge in [0.15, 0.2) is 0 Å². The van der Waals surface area contributed by atoms with E-state index in [2.05, 4.69) is 0 Å². The number of nitrogens with zero attached hydrogens (tertiary/aromatic N) is 2. The molecule has 0 radical (unpaired) electrons. The third-order valence-electron chi connectivity index (χ3n) is 6.05. The van der Waals surface area contributed by atoms with Gasteiger partial charge in [0.2, 0.25) is 0 Å². The molecule has 2 aliphatic heterocycles. The van der Waals surface area contributed by atoms with Crippen molar-refractivity contribution < 1.29 is 50.6 Å². The molecule has 0 bridgehead atoms. The molecule has 11 heteroatoms. The molecule has 2 fully saturated rings. The summed E-state index contributed by atoms with van der Waals surface area (Å²) in [5.74, 6) is -2.23. The summed E-state index contributed by atoms with van der Waals surface area (Å²) in [6, 6.07) is 0. The summed E-state index contributed by atoms with van der Waals surface area (Å²) < 4.78 is 0. The maximum absolute atomic E-state index is 11.1. The molecule has 0 aliphatic carbocycles. The molecule has 184 valence electrons. The minimum atomic E-state index is -1.51. The van der Waals surface area contributed by atoms with Gasteiger partial charge in [-0.3, -0.25) is 9.59 Å². The van der Waals surface area contributed by atoms with Crippen LogP contribution >= 0.6 is 0 Å². The summed E-state index contributed by atoms with van der Waals surface area (Å²) in [4.78, 5) is 22.1. The molecule has 2 heterocycles. The van der Waals surface area contributed by atoms with Crippen LogP contribution in [0, 0.1) is 0 Å². The molecule has 0 amide bonds. The van der Waals surface area contributed by atoms with Crippen molar-refractivity contribution in [2.24, 2.45) is 0 Å². The zero-order valence-corrected chi connectivity index (χ0v) is 21.2. The molecule has 2 saturated heterocycles. The Hall–Kier alpha value is -0.638. The van der Waals surface area contributed by atoms with Crippen molar-refractivity contribution >= 4 is 11.9 Å². The van der Waals surface area contributed by atoms with E-state index < -0.39 is 45.2 Å². The van der Waals surface area contributed by atoms with Crippen LogP contribution in [0.25, 0.3) is 11.5 Å². The third kappa shape index (κ3) is 6.24. The average Bonchev–Trinajstić information content (AvgIpc) is 2.49. The largest absolute Gasteiger partial charge is 2.00 e. The molecule has 2 aliphatic rings. The molecule has 0 aromatic heterocycles. The number of piperidine rings is 2. The fourth-order valence-electron chi connectivity index (χ4n) is 5.32. The average molecular weight is 537 g/mol. The predicted molar refractivity (Wildman–Crippen MR) is 111 cm³/mol. The molecule has 0 atom stereocenters. The number of aliphatic carboxylic acids is 2. The molecule has 10 nitrogen and oxygen atoms in total. The van der Waals surface area contributed by atoms with Crippen LogP contribution in [0.3, 0.4) is 0 Å². The third-order valence-corrected chi connectivity index (χ3v) is 6.05. The Bertz CT molecular complexity index is 601. The van der Waals surface area contributed by atoms with Crippen LogP contribution in [0.2, 0.25) is 0 Å².